The van der Waals surface area contributed by atoms with Crippen molar-refractivity contribution in [3.63, 3.8) is 0 Å². The maximum Gasteiger partial charge on any atom is 0.202 e. The van der Waals surface area contributed by atoms with Gasteiger partial charge in [0.15, 0.2) is 0 Å². The van der Waals surface area contributed by atoms with Gasteiger partial charge in [-0.3, -0.25) is 0 Å². The minimum Gasteiger partial charge on any atom is -0.852 e. The number of furan rings is 1. The lowest BCUT2D eigenvalue weighted by Crippen LogP contribution is -2.32. The number of rotatable bonds is 2. The van der Waals surface area contributed by atoms with Crippen LogP contribution in [0.25, 0.3) is 0 Å². The van der Waals surface area contributed by atoms with Gasteiger partial charge in [-0.25, -0.2) is 0 Å². The van der Waals surface area contributed by atoms with Gasteiger partial charge in [-0.1, -0.05) is 10.7 Å². The van der Waals surface area contributed by atoms with Crippen molar-refractivity contribution in [3.05, 3.63) is 54.7 Å². The average Bonchev–Trinajstić information content (AvgIpc) is 2.72. The first kappa shape index (κ1) is 8.50. The van der Waals surface area contributed by atoms with Crippen molar-refractivity contribution in [2.45, 2.75) is 0 Å². The molecule has 2 aromatic heterocycles. The van der Waals surface area contributed by atoms with E-state index in [1.54, 1.807) is 36.7 Å². The zero-order chi connectivity index (χ0) is 9.80. The van der Waals surface area contributed by atoms with E-state index in [0.29, 0.717) is 0 Å². The van der Waals surface area contributed by atoms with Crippen LogP contribution in [0.15, 0.2) is 58.5 Å². The molecule has 14 heavy (non-hydrogen) atoms. The Hall–Kier alpha value is -2.10. The molecule has 70 valence electrons. The van der Waals surface area contributed by atoms with Gasteiger partial charge < -0.3 is 9.52 Å². The molecule has 0 spiro atoms. The van der Waals surface area contributed by atoms with E-state index in [9.17, 15) is 5.11 Å². The van der Waals surface area contributed by atoms with Crippen molar-refractivity contribution >= 4 is 5.90 Å². The van der Waals surface area contributed by atoms with E-state index < -0.39 is 5.90 Å². The van der Waals surface area contributed by atoms with Crippen LogP contribution < -0.4 is 9.78 Å². The highest BCUT2D eigenvalue weighted by atomic mass is 16.4. The van der Waals surface area contributed by atoms with Crippen LogP contribution >= 0.6 is 0 Å². The normalized spacial score (nSPS) is 11.6. The van der Waals surface area contributed by atoms with Crippen LogP contribution in [-0.2, 0) is 0 Å². The standard InChI is InChI=1S/C10H8N2O2/c13-10(9-5-4-8-14-9)11-12-6-2-1-3-7-12/h1-8H. The first-order valence-corrected chi connectivity index (χ1v) is 4.12. The lowest BCUT2D eigenvalue weighted by atomic mass is 10.4. The molecule has 0 fully saturated rings. The zero-order valence-electron chi connectivity index (χ0n) is 7.33. The summed E-state index contributed by atoms with van der Waals surface area (Å²) < 4.78 is 6.35. The molecule has 2 heterocycles. The van der Waals surface area contributed by atoms with E-state index in [0.717, 1.165) is 0 Å². The molecule has 4 nitrogen and oxygen atoms in total. The van der Waals surface area contributed by atoms with E-state index in [-0.39, 0.29) is 5.76 Å². The Morgan fingerprint density at radius 2 is 2.00 bits per heavy atom. The second kappa shape index (κ2) is 3.74. The fourth-order valence-electron chi connectivity index (χ4n) is 1.01. The Bertz CT molecular complexity index is 421. The van der Waals surface area contributed by atoms with Gasteiger partial charge in [0.2, 0.25) is 12.4 Å². The van der Waals surface area contributed by atoms with Gasteiger partial charge in [0.25, 0.3) is 0 Å². The van der Waals surface area contributed by atoms with E-state index in [2.05, 4.69) is 5.10 Å². The quantitative estimate of drug-likeness (QED) is 0.382. The minimum absolute atomic E-state index is 0.237. The molecule has 0 saturated carbocycles. The molecule has 0 radical (unpaired) electrons. The van der Waals surface area contributed by atoms with E-state index in [1.807, 2.05) is 6.07 Å². The van der Waals surface area contributed by atoms with Crippen LogP contribution in [-0.4, -0.2) is 5.90 Å². The Balaban J connectivity index is 2.28. The summed E-state index contributed by atoms with van der Waals surface area (Å²) >= 11 is 0. The highest BCUT2D eigenvalue weighted by Gasteiger charge is 1.98. The summed E-state index contributed by atoms with van der Waals surface area (Å²) in [6, 6.07) is 8.66. The number of hydrogen-bond donors (Lipinski definition) is 0. The number of pyridine rings is 1. The summed E-state index contributed by atoms with van der Waals surface area (Å²) in [6.07, 6.45) is 4.81. The Morgan fingerprint density at radius 1 is 1.21 bits per heavy atom. The smallest absolute Gasteiger partial charge is 0.202 e. The van der Waals surface area contributed by atoms with Gasteiger partial charge in [-0.2, -0.15) is 0 Å². The number of hydrogen-bond acceptors (Lipinski definition) is 3. The first-order valence-electron chi connectivity index (χ1n) is 4.12. The van der Waals surface area contributed by atoms with Crippen LogP contribution in [0.1, 0.15) is 5.76 Å². The molecule has 0 amide bonds. The molecule has 0 atom stereocenters. The summed E-state index contributed by atoms with van der Waals surface area (Å²) in [6.45, 7) is 0. The molecule has 0 N–H and O–H groups in total. The Kier molecular flexibility index (Phi) is 2.27. The zero-order valence-corrected chi connectivity index (χ0v) is 7.33. The molecular weight excluding hydrogens is 180 g/mol. The second-order valence-electron chi connectivity index (χ2n) is 2.64. The van der Waals surface area contributed by atoms with Gasteiger partial charge >= 0.3 is 0 Å². The van der Waals surface area contributed by atoms with Gasteiger partial charge in [0.05, 0.1) is 6.26 Å². The van der Waals surface area contributed by atoms with E-state index in [4.69, 9.17) is 4.42 Å². The van der Waals surface area contributed by atoms with Crippen LogP contribution in [0, 0.1) is 0 Å². The monoisotopic (exact) mass is 188 g/mol. The highest BCUT2D eigenvalue weighted by Crippen LogP contribution is 1.97. The van der Waals surface area contributed by atoms with Gasteiger partial charge in [0, 0.05) is 12.1 Å². The summed E-state index contributed by atoms with van der Waals surface area (Å²) in [5.74, 6) is -0.160. The molecule has 0 aliphatic carbocycles. The lowest BCUT2D eigenvalue weighted by Gasteiger charge is -2.00. The highest BCUT2D eigenvalue weighted by molar-refractivity contribution is 5.86. The van der Waals surface area contributed by atoms with Crippen molar-refractivity contribution in [2.75, 3.05) is 0 Å². The van der Waals surface area contributed by atoms with Crippen molar-refractivity contribution in [2.24, 2.45) is 5.10 Å². The lowest BCUT2D eigenvalue weighted by molar-refractivity contribution is -0.681. The third kappa shape index (κ3) is 1.80. The van der Waals surface area contributed by atoms with E-state index in [1.165, 1.54) is 10.9 Å². The van der Waals surface area contributed by atoms with Crippen LogP contribution in [0.2, 0.25) is 0 Å². The molecule has 0 aliphatic heterocycles. The third-order valence-corrected chi connectivity index (χ3v) is 1.64. The molecule has 4 heteroatoms. The van der Waals surface area contributed by atoms with Crippen molar-refractivity contribution in [3.8, 4) is 0 Å². The predicted octanol–water partition coefficient (Wildman–Crippen LogP) is 0.137. The van der Waals surface area contributed by atoms with Crippen LogP contribution in [0.5, 0.6) is 0 Å². The Labute approximate surface area is 80.7 Å². The first-order chi connectivity index (χ1) is 6.86. The Morgan fingerprint density at radius 3 is 2.64 bits per heavy atom. The largest absolute Gasteiger partial charge is 0.852 e. The van der Waals surface area contributed by atoms with Crippen LogP contribution in [0.4, 0.5) is 0 Å². The van der Waals surface area contributed by atoms with Gasteiger partial charge in [-0.05, 0) is 17.2 Å². The fraction of sp³-hybridized carbons (Fsp3) is 0. The summed E-state index contributed by atoms with van der Waals surface area (Å²) in [7, 11) is 0. The molecular formula is C10H8N2O2. The maximum absolute atomic E-state index is 11.4. The molecule has 0 unspecified atom stereocenters. The van der Waals surface area contributed by atoms with Crippen molar-refractivity contribution in [1.82, 2.24) is 0 Å². The average molecular weight is 188 g/mol. The minimum atomic E-state index is -0.397. The molecule has 0 aliphatic rings. The van der Waals surface area contributed by atoms with Crippen molar-refractivity contribution < 1.29 is 14.2 Å². The summed E-state index contributed by atoms with van der Waals surface area (Å²) in [4.78, 5) is 0. The van der Waals surface area contributed by atoms with Gasteiger partial charge in [-0.15, -0.1) is 0 Å². The molecule has 0 saturated heterocycles. The molecule has 2 rings (SSSR count). The number of aromatic nitrogens is 1. The van der Waals surface area contributed by atoms with Crippen molar-refractivity contribution in [1.29, 1.82) is 0 Å². The SMILES string of the molecule is [O-]/C(=N\[n+]1ccccc1)c1ccco1. The molecule has 0 aromatic carbocycles. The van der Waals surface area contributed by atoms with E-state index >= 15 is 0 Å². The van der Waals surface area contributed by atoms with Gasteiger partial charge in [0.1, 0.15) is 11.7 Å². The molecule has 2 aromatic rings. The summed E-state index contributed by atoms with van der Waals surface area (Å²) in [5.41, 5.74) is 0. The topological polar surface area (TPSA) is 52.4 Å². The fourth-order valence-corrected chi connectivity index (χ4v) is 1.01. The third-order valence-electron chi connectivity index (χ3n) is 1.64. The second-order valence-corrected chi connectivity index (χ2v) is 2.64. The van der Waals surface area contributed by atoms with Crippen LogP contribution in [0.3, 0.4) is 0 Å². The molecule has 0 bridgehead atoms. The number of nitrogens with zero attached hydrogens (tertiary/aromatic N) is 2. The predicted molar refractivity (Wildman–Crippen MR) is 47.3 cm³/mol. The summed E-state index contributed by atoms with van der Waals surface area (Å²) in [5, 5.41) is 15.2. The maximum atomic E-state index is 11.4.